The molecular weight excluding hydrogens is 338 g/mol. The first-order valence-electron chi connectivity index (χ1n) is 8.55. The van der Waals surface area contributed by atoms with Gasteiger partial charge in [0, 0.05) is 17.5 Å². The van der Waals surface area contributed by atoms with Crippen LogP contribution in [-0.4, -0.2) is 21.0 Å². The Morgan fingerprint density at radius 1 is 0.963 bits per heavy atom. The zero-order chi connectivity index (χ0) is 18.8. The van der Waals surface area contributed by atoms with E-state index in [1.165, 1.54) is 6.92 Å². The van der Waals surface area contributed by atoms with Gasteiger partial charge in [0.2, 0.25) is 11.9 Å². The Hall–Kier alpha value is -3.73. The van der Waals surface area contributed by atoms with Gasteiger partial charge in [0.15, 0.2) is 0 Å². The van der Waals surface area contributed by atoms with Crippen molar-refractivity contribution in [2.24, 2.45) is 0 Å². The molecule has 0 aliphatic rings. The Morgan fingerprint density at radius 3 is 2.44 bits per heavy atom. The molecule has 27 heavy (non-hydrogen) atoms. The molecule has 0 fully saturated rings. The predicted octanol–water partition coefficient (Wildman–Crippen LogP) is 3.84. The number of rotatable bonds is 3. The number of benzene rings is 3. The van der Waals surface area contributed by atoms with E-state index in [1.807, 2.05) is 66.7 Å². The van der Waals surface area contributed by atoms with Gasteiger partial charge in [-0.25, -0.2) is 9.97 Å². The van der Waals surface area contributed by atoms with Crippen LogP contribution in [0.3, 0.4) is 0 Å². The number of aliphatic hydroxyl groups is 1. The molecule has 1 aromatic heterocycles. The number of anilines is 1. The Morgan fingerprint density at radius 2 is 1.70 bits per heavy atom. The maximum Gasteiger partial charge on any atom is 0.230 e. The molecule has 132 valence electrons. The molecule has 0 saturated carbocycles. The Balaban J connectivity index is 1.89. The van der Waals surface area contributed by atoms with Crippen molar-refractivity contribution in [3.05, 3.63) is 77.5 Å². The minimum Gasteiger partial charge on any atom is -0.507 e. The lowest BCUT2D eigenvalue weighted by atomic mass is 10.0. The summed E-state index contributed by atoms with van der Waals surface area (Å²) in [5.74, 6) is 0.216. The molecule has 0 atom stereocenters. The van der Waals surface area contributed by atoms with Crippen molar-refractivity contribution in [3.8, 4) is 0 Å². The summed E-state index contributed by atoms with van der Waals surface area (Å²) in [6, 6.07) is 19.1. The molecule has 5 nitrogen and oxygen atoms in total. The molecule has 0 radical (unpaired) electrons. The number of carbonyl (C=O) groups is 1. The fraction of sp³-hybridized carbons (Fsp3) is 0.0455. The van der Waals surface area contributed by atoms with Gasteiger partial charge in [0.1, 0.15) is 5.76 Å². The van der Waals surface area contributed by atoms with E-state index >= 15 is 0 Å². The summed E-state index contributed by atoms with van der Waals surface area (Å²) in [7, 11) is 0. The van der Waals surface area contributed by atoms with E-state index in [4.69, 9.17) is 0 Å². The molecule has 0 aliphatic heterocycles. The number of aromatic nitrogens is 2. The molecule has 5 heteroatoms. The summed E-state index contributed by atoms with van der Waals surface area (Å²) >= 11 is 0. The van der Waals surface area contributed by atoms with E-state index in [-0.39, 0.29) is 17.6 Å². The van der Waals surface area contributed by atoms with Crippen LogP contribution >= 0.6 is 0 Å². The fourth-order valence-electron chi connectivity index (χ4n) is 3.07. The number of nitrogens with zero attached hydrogens (tertiary/aromatic N) is 2. The van der Waals surface area contributed by atoms with Crippen LogP contribution in [0.25, 0.3) is 33.6 Å². The normalized spacial score (nSPS) is 12.6. The van der Waals surface area contributed by atoms with Gasteiger partial charge in [-0.1, -0.05) is 48.5 Å². The molecule has 0 saturated heterocycles. The van der Waals surface area contributed by atoms with Crippen molar-refractivity contribution in [2.75, 3.05) is 5.32 Å². The predicted molar refractivity (Wildman–Crippen MR) is 108 cm³/mol. The molecule has 0 unspecified atom stereocenters. The smallest absolute Gasteiger partial charge is 0.230 e. The van der Waals surface area contributed by atoms with E-state index in [1.54, 1.807) is 6.08 Å². The minimum atomic E-state index is -0.221. The van der Waals surface area contributed by atoms with Crippen LogP contribution in [0.2, 0.25) is 0 Å². The van der Waals surface area contributed by atoms with Gasteiger partial charge < -0.3 is 5.11 Å². The molecular formula is C22H17N3O2. The van der Waals surface area contributed by atoms with Gasteiger partial charge in [-0.15, -0.1) is 0 Å². The van der Waals surface area contributed by atoms with Crippen LogP contribution < -0.4 is 10.5 Å². The topological polar surface area (TPSA) is 75.1 Å². The largest absolute Gasteiger partial charge is 0.507 e. The number of carbonyl (C=O) groups excluding carboxylic acids is 1. The lowest BCUT2D eigenvalue weighted by Gasteiger charge is -2.08. The number of hydrogen-bond donors (Lipinski definition) is 2. The highest BCUT2D eigenvalue weighted by molar-refractivity contribution is 6.08. The highest BCUT2D eigenvalue weighted by Gasteiger charge is 2.10. The van der Waals surface area contributed by atoms with E-state index in [2.05, 4.69) is 15.3 Å². The third kappa shape index (κ3) is 3.35. The maximum atomic E-state index is 11.3. The molecule has 1 amide bonds. The molecule has 0 aliphatic carbocycles. The van der Waals surface area contributed by atoms with E-state index < -0.39 is 0 Å². The van der Waals surface area contributed by atoms with Crippen molar-refractivity contribution in [1.82, 2.24) is 9.97 Å². The molecule has 0 bridgehead atoms. The van der Waals surface area contributed by atoms with Gasteiger partial charge >= 0.3 is 0 Å². The van der Waals surface area contributed by atoms with Gasteiger partial charge in [-0.3, -0.25) is 10.1 Å². The molecule has 0 spiro atoms. The van der Waals surface area contributed by atoms with E-state index in [9.17, 15) is 9.90 Å². The van der Waals surface area contributed by atoms with Crippen molar-refractivity contribution in [1.29, 1.82) is 0 Å². The summed E-state index contributed by atoms with van der Waals surface area (Å²) in [6.07, 6.45) is 3.55. The monoisotopic (exact) mass is 355 g/mol. The standard InChI is InChI=1S/C22H17N3O2/c1-14(26)23-22-24-18-9-5-8-17-16(11-12-19(25-22)21(17)18)20(27)13-10-15-6-3-2-4-7-15/h2-13,27H,1H3,(H,23,24,25,26)/b13-10+,20-16+. The summed E-state index contributed by atoms with van der Waals surface area (Å²) in [4.78, 5) is 20.1. The fourth-order valence-corrected chi connectivity index (χ4v) is 3.07. The van der Waals surface area contributed by atoms with Crippen LogP contribution in [0.4, 0.5) is 5.95 Å². The maximum absolute atomic E-state index is 11.3. The van der Waals surface area contributed by atoms with E-state index in [0.29, 0.717) is 16.3 Å². The molecule has 1 heterocycles. The van der Waals surface area contributed by atoms with Crippen molar-refractivity contribution < 1.29 is 9.90 Å². The number of aliphatic hydroxyl groups excluding tert-OH is 1. The Kier molecular flexibility index (Phi) is 4.26. The van der Waals surface area contributed by atoms with Crippen molar-refractivity contribution in [2.45, 2.75) is 6.92 Å². The highest BCUT2D eigenvalue weighted by Crippen LogP contribution is 2.23. The van der Waals surface area contributed by atoms with E-state index in [0.717, 1.165) is 16.3 Å². The minimum absolute atomic E-state index is 0.166. The lowest BCUT2D eigenvalue weighted by Crippen LogP contribution is -2.11. The molecule has 4 rings (SSSR count). The van der Waals surface area contributed by atoms with Crippen molar-refractivity contribution >= 4 is 45.5 Å². The van der Waals surface area contributed by atoms with Gasteiger partial charge in [-0.05, 0) is 35.2 Å². The Bertz CT molecular complexity index is 1210. The lowest BCUT2D eigenvalue weighted by molar-refractivity contribution is -0.114. The molecule has 3 aromatic carbocycles. The second kappa shape index (κ2) is 6.88. The van der Waals surface area contributed by atoms with Crippen LogP contribution in [-0.2, 0) is 4.79 Å². The van der Waals surface area contributed by atoms with Crippen LogP contribution in [0.5, 0.6) is 0 Å². The first kappa shape index (κ1) is 16.7. The number of amides is 1. The van der Waals surface area contributed by atoms with Crippen LogP contribution in [0.15, 0.2) is 66.7 Å². The summed E-state index contributed by atoms with van der Waals surface area (Å²) < 4.78 is 0. The van der Waals surface area contributed by atoms with Crippen LogP contribution in [0, 0.1) is 0 Å². The quantitative estimate of drug-likeness (QED) is 0.585. The number of nitrogens with one attached hydrogen (secondary N) is 1. The van der Waals surface area contributed by atoms with Gasteiger partial charge in [0.05, 0.1) is 11.0 Å². The van der Waals surface area contributed by atoms with Crippen molar-refractivity contribution in [3.63, 3.8) is 0 Å². The van der Waals surface area contributed by atoms with Gasteiger partial charge in [0.25, 0.3) is 0 Å². The zero-order valence-corrected chi connectivity index (χ0v) is 14.7. The third-order valence-corrected chi connectivity index (χ3v) is 4.25. The van der Waals surface area contributed by atoms with Gasteiger partial charge in [-0.2, -0.15) is 0 Å². The third-order valence-electron chi connectivity index (χ3n) is 4.25. The molecule has 2 N–H and O–H groups in total. The SMILES string of the molecule is CC(=O)Nc1nc2cccc3/c(=C(O)\C=C\c4ccccc4)ccc(n1)c23. The Labute approximate surface area is 155 Å². The first-order chi connectivity index (χ1) is 13.1. The van der Waals surface area contributed by atoms with Crippen LogP contribution in [0.1, 0.15) is 12.5 Å². The molecule has 4 aromatic rings. The summed E-state index contributed by atoms with van der Waals surface area (Å²) in [6.45, 7) is 1.42. The zero-order valence-electron chi connectivity index (χ0n) is 14.7. The summed E-state index contributed by atoms with van der Waals surface area (Å²) in [5.41, 5.74) is 2.43. The average Bonchev–Trinajstić information content (AvgIpc) is 2.67. The average molecular weight is 355 g/mol. The highest BCUT2D eigenvalue weighted by atomic mass is 16.3. The first-order valence-corrected chi connectivity index (χ1v) is 8.55. The number of hydrogen-bond acceptors (Lipinski definition) is 4. The second-order valence-corrected chi connectivity index (χ2v) is 6.19. The summed E-state index contributed by atoms with van der Waals surface area (Å²) in [5, 5.41) is 15.7. The second-order valence-electron chi connectivity index (χ2n) is 6.19.